The monoisotopic (exact) mass is 305 g/mol. The molecule has 0 aliphatic carbocycles. The first-order valence-electron chi connectivity index (χ1n) is 7.90. The lowest BCUT2D eigenvalue weighted by Gasteiger charge is -2.27. The Balaban J connectivity index is 1.60. The van der Waals surface area contributed by atoms with Crippen molar-refractivity contribution in [2.75, 3.05) is 37.7 Å². The van der Waals surface area contributed by atoms with Crippen LogP contribution in [0.3, 0.4) is 0 Å². The van der Waals surface area contributed by atoms with Gasteiger partial charge in [-0.1, -0.05) is 12.2 Å². The minimum atomic E-state index is 0.702. The van der Waals surface area contributed by atoms with Gasteiger partial charge < -0.3 is 10.2 Å². The minimum absolute atomic E-state index is 0.702. The number of anilines is 1. The van der Waals surface area contributed by atoms with Crippen molar-refractivity contribution in [1.82, 2.24) is 20.2 Å². The molecule has 0 aromatic carbocycles. The lowest BCUT2D eigenvalue weighted by molar-refractivity contribution is 0.333. The summed E-state index contributed by atoms with van der Waals surface area (Å²) < 4.78 is 0. The van der Waals surface area contributed by atoms with E-state index in [-0.39, 0.29) is 0 Å². The van der Waals surface area contributed by atoms with Crippen LogP contribution in [0.5, 0.6) is 0 Å². The van der Waals surface area contributed by atoms with Crippen LogP contribution < -0.4 is 10.2 Å². The van der Waals surface area contributed by atoms with Crippen LogP contribution in [0.15, 0.2) is 12.4 Å². The number of aromatic nitrogens is 2. The van der Waals surface area contributed by atoms with Gasteiger partial charge in [0, 0.05) is 13.1 Å². The van der Waals surface area contributed by atoms with E-state index in [4.69, 9.17) is 12.2 Å². The average molecular weight is 305 g/mol. The van der Waals surface area contributed by atoms with Crippen LogP contribution in [0.25, 0.3) is 0 Å². The summed E-state index contributed by atoms with van der Waals surface area (Å²) >= 11 is 5.46. The van der Waals surface area contributed by atoms with Gasteiger partial charge in [0.1, 0.15) is 16.5 Å². The molecule has 1 aromatic rings. The zero-order chi connectivity index (χ0) is 14.5. The van der Waals surface area contributed by atoms with Gasteiger partial charge >= 0.3 is 0 Å². The normalized spacial score (nSPS) is 19.7. The second-order valence-corrected chi connectivity index (χ2v) is 6.21. The maximum atomic E-state index is 5.46. The highest BCUT2D eigenvalue weighted by Gasteiger charge is 2.15. The summed E-state index contributed by atoms with van der Waals surface area (Å²) in [6.45, 7) is 5.29. The zero-order valence-corrected chi connectivity index (χ0v) is 13.2. The maximum absolute atomic E-state index is 5.46. The molecule has 3 rings (SSSR count). The first kappa shape index (κ1) is 14.7. The van der Waals surface area contributed by atoms with E-state index in [2.05, 4.69) is 25.1 Å². The maximum Gasteiger partial charge on any atom is 0.147 e. The third kappa shape index (κ3) is 3.89. The molecule has 6 heteroatoms. The van der Waals surface area contributed by atoms with E-state index in [0.29, 0.717) is 4.99 Å². The highest BCUT2D eigenvalue weighted by molar-refractivity contribution is 7.80. The molecule has 0 spiro atoms. The van der Waals surface area contributed by atoms with E-state index in [1.807, 2.05) is 6.20 Å². The predicted molar refractivity (Wildman–Crippen MR) is 88.6 cm³/mol. The van der Waals surface area contributed by atoms with Gasteiger partial charge in [-0.2, -0.15) is 0 Å². The fourth-order valence-corrected chi connectivity index (χ4v) is 3.12. The van der Waals surface area contributed by atoms with Gasteiger partial charge in [0.2, 0.25) is 0 Å². The molecule has 5 nitrogen and oxygen atoms in total. The van der Waals surface area contributed by atoms with Crippen LogP contribution in [0.1, 0.15) is 37.8 Å². The van der Waals surface area contributed by atoms with Crippen molar-refractivity contribution in [1.29, 1.82) is 0 Å². The van der Waals surface area contributed by atoms with Crippen molar-refractivity contribution >= 4 is 23.0 Å². The van der Waals surface area contributed by atoms with Gasteiger partial charge in [-0.3, -0.25) is 9.88 Å². The molecule has 0 bridgehead atoms. The van der Waals surface area contributed by atoms with E-state index >= 15 is 0 Å². The van der Waals surface area contributed by atoms with Gasteiger partial charge in [-0.05, 0) is 45.2 Å². The van der Waals surface area contributed by atoms with Gasteiger partial charge in [0.25, 0.3) is 0 Å². The minimum Gasteiger partial charge on any atom is -0.362 e. The molecule has 114 valence electrons. The van der Waals surface area contributed by atoms with Crippen molar-refractivity contribution in [3.63, 3.8) is 0 Å². The molecule has 0 unspecified atom stereocenters. The second-order valence-electron chi connectivity index (χ2n) is 5.80. The Morgan fingerprint density at radius 3 is 2.52 bits per heavy atom. The fourth-order valence-electron chi connectivity index (χ4n) is 2.96. The summed E-state index contributed by atoms with van der Waals surface area (Å²) in [6.07, 6.45) is 9.98. The van der Waals surface area contributed by atoms with Crippen molar-refractivity contribution in [2.45, 2.75) is 32.1 Å². The Kier molecular flexibility index (Phi) is 4.98. The summed E-state index contributed by atoms with van der Waals surface area (Å²) in [5.74, 6) is 0.956. The summed E-state index contributed by atoms with van der Waals surface area (Å²) in [4.78, 5) is 14.4. The number of likely N-dealkylation sites (tertiary alicyclic amines) is 1. The van der Waals surface area contributed by atoms with Crippen LogP contribution in [0, 0.1) is 0 Å². The number of rotatable bonds is 4. The molecule has 3 heterocycles. The molecule has 0 radical (unpaired) electrons. The Hall–Kier alpha value is -1.27. The molecule has 21 heavy (non-hydrogen) atoms. The molecular weight excluding hydrogens is 282 g/mol. The average Bonchev–Trinajstić information content (AvgIpc) is 3.07. The molecule has 1 aromatic heterocycles. The number of nitrogens with zero attached hydrogens (tertiary/aromatic N) is 4. The third-order valence-corrected chi connectivity index (χ3v) is 4.55. The van der Waals surface area contributed by atoms with Crippen LogP contribution >= 0.6 is 12.2 Å². The largest absolute Gasteiger partial charge is 0.362 e. The smallest absolute Gasteiger partial charge is 0.147 e. The van der Waals surface area contributed by atoms with Crippen LogP contribution in [0.2, 0.25) is 0 Å². The molecule has 2 aliphatic rings. The molecule has 0 atom stereocenters. The Morgan fingerprint density at radius 1 is 1.05 bits per heavy atom. The fraction of sp³-hybridized carbons (Fsp3) is 0.667. The molecule has 1 N–H and O–H groups in total. The van der Waals surface area contributed by atoms with Crippen molar-refractivity contribution in [3.05, 3.63) is 18.1 Å². The summed E-state index contributed by atoms with van der Waals surface area (Å²) in [7, 11) is 0. The predicted octanol–water partition coefficient (Wildman–Crippen LogP) is 1.79. The van der Waals surface area contributed by atoms with E-state index in [1.54, 1.807) is 6.20 Å². The number of hydrogen-bond donors (Lipinski definition) is 1. The highest BCUT2D eigenvalue weighted by atomic mass is 32.1. The standard InChI is InChI=1S/C15H23N5S/c21-15(17-12-19-6-4-5-7-19)13-10-16-11-14(18-13)20-8-2-1-3-9-20/h10-11H,1-9,12H2,(H,17,21). The van der Waals surface area contributed by atoms with E-state index in [0.717, 1.165) is 44.4 Å². The van der Waals surface area contributed by atoms with Crippen LogP contribution in [-0.4, -0.2) is 52.7 Å². The Labute approximate surface area is 131 Å². The highest BCUT2D eigenvalue weighted by Crippen LogP contribution is 2.16. The van der Waals surface area contributed by atoms with E-state index in [9.17, 15) is 0 Å². The Morgan fingerprint density at radius 2 is 1.76 bits per heavy atom. The molecule has 0 amide bonds. The third-order valence-electron chi connectivity index (χ3n) is 4.20. The Bertz CT molecular complexity index is 481. The molecule has 2 saturated heterocycles. The van der Waals surface area contributed by atoms with Crippen molar-refractivity contribution in [2.24, 2.45) is 0 Å². The number of thiocarbonyl (C=S) groups is 1. The van der Waals surface area contributed by atoms with Gasteiger partial charge in [0.05, 0.1) is 19.1 Å². The number of hydrogen-bond acceptors (Lipinski definition) is 5. The second kappa shape index (κ2) is 7.13. The SMILES string of the molecule is S=C(NCN1CCCC1)c1cncc(N2CCCCC2)n1. The van der Waals surface area contributed by atoms with Crippen molar-refractivity contribution in [3.8, 4) is 0 Å². The first-order chi connectivity index (χ1) is 10.3. The summed E-state index contributed by atoms with van der Waals surface area (Å²) in [5, 5.41) is 3.31. The topological polar surface area (TPSA) is 44.3 Å². The molecule has 0 saturated carbocycles. The molecule has 2 aliphatic heterocycles. The zero-order valence-electron chi connectivity index (χ0n) is 12.4. The quantitative estimate of drug-likeness (QED) is 0.856. The molecule has 2 fully saturated rings. The van der Waals surface area contributed by atoms with Gasteiger partial charge in [-0.15, -0.1) is 0 Å². The van der Waals surface area contributed by atoms with Crippen LogP contribution in [0.4, 0.5) is 5.82 Å². The van der Waals surface area contributed by atoms with E-state index < -0.39 is 0 Å². The number of nitrogens with one attached hydrogen (secondary N) is 1. The molecular formula is C15H23N5S. The van der Waals surface area contributed by atoms with Crippen molar-refractivity contribution < 1.29 is 0 Å². The van der Waals surface area contributed by atoms with Gasteiger partial charge in [0.15, 0.2) is 0 Å². The first-order valence-corrected chi connectivity index (χ1v) is 8.31. The lowest BCUT2D eigenvalue weighted by Crippen LogP contribution is -2.36. The van der Waals surface area contributed by atoms with E-state index in [1.165, 1.54) is 32.1 Å². The summed E-state index contributed by atoms with van der Waals surface area (Å²) in [6, 6.07) is 0. The van der Waals surface area contributed by atoms with Gasteiger partial charge in [-0.25, -0.2) is 4.98 Å². The lowest BCUT2D eigenvalue weighted by atomic mass is 10.1. The number of piperidine rings is 1. The summed E-state index contributed by atoms with van der Waals surface area (Å²) in [5.41, 5.74) is 0.785. The van der Waals surface area contributed by atoms with Crippen LogP contribution in [-0.2, 0) is 0 Å².